The van der Waals surface area contributed by atoms with Crippen molar-refractivity contribution in [2.24, 2.45) is 0 Å². The maximum atomic E-state index is 9.51. The smallest absolute Gasteiger partial charge is 0.151 e. The number of hydrogen-bond acceptors (Lipinski definition) is 5. The Morgan fingerprint density at radius 2 is 2.20 bits per heavy atom. The lowest BCUT2D eigenvalue weighted by atomic mass is 9.92. The van der Waals surface area contributed by atoms with Crippen molar-refractivity contribution in [1.29, 1.82) is 0 Å². The Kier molecular flexibility index (Phi) is 5.84. The fraction of sp³-hybridized carbons (Fsp3) is 0.533. The van der Waals surface area contributed by atoms with Crippen molar-refractivity contribution < 1.29 is 5.11 Å². The lowest BCUT2D eigenvalue weighted by Crippen LogP contribution is -2.45. The predicted molar refractivity (Wildman–Crippen MR) is 88.7 cm³/mol. The molecule has 0 amide bonds. The first-order chi connectivity index (χ1) is 9.73. The first-order valence-corrected chi connectivity index (χ1v) is 8.81. The predicted octanol–water partition coefficient (Wildman–Crippen LogP) is 3.53. The minimum absolute atomic E-state index is 0.117. The molecule has 1 atom stereocenters. The van der Waals surface area contributed by atoms with Gasteiger partial charge in [-0.2, -0.15) is 0 Å². The normalized spacial score (nSPS) is 14.6. The first-order valence-electron chi connectivity index (χ1n) is 7.01. The van der Waals surface area contributed by atoms with Crippen molar-refractivity contribution in [1.82, 2.24) is 10.3 Å². The molecule has 0 aliphatic heterocycles. The topological polar surface area (TPSA) is 45.2 Å². The van der Waals surface area contributed by atoms with Crippen molar-refractivity contribution in [2.75, 3.05) is 19.4 Å². The Labute approximate surface area is 128 Å². The zero-order valence-corrected chi connectivity index (χ0v) is 13.7. The van der Waals surface area contributed by atoms with Crippen LogP contribution in [0.5, 0.6) is 0 Å². The highest BCUT2D eigenvalue weighted by molar-refractivity contribution is 8.01. The summed E-state index contributed by atoms with van der Waals surface area (Å²) in [6.07, 6.45) is 3.02. The zero-order valence-electron chi connectivity index (χ0n) is 12.1. The Bertz CT molecular complexity index is 496. The Morgan fingerprint density at radius 1 is 1.40 bits per heavy atom. The summed E-state index contributed by atoms with van der Waals surface area (Å²) in [6, 6.07) is 8.26. The van der Waals surface area contributed by atoms with Crippen LogP contribution in [0.1, 0.15) is 26.2 Å². The number of benzene rings is 1. The summed E-state index contributed by atoms with van der Waals surface area (Å²) in [7, 11) is 1.93. The number of hydrogen-bond donors (Lipinski definition) is 2. The summed E-state index contributed by atoms with van der Waals surface area (Å²) < 4.78 is 2.39. The van der Waals surface area contributed by atoms with Gasteiger partial charge >= 0.3 is 0 Å². The van der Waals surface area contributed by atoms with Gasteiger partial charge in [-0.25, -0.2) is 4.98 Å². The molecule has 1 unspecified atom stereocenters. The standard InChI is InChI=1S/C15H22N2OS2/c1-3-15(11-18,16-2)9-6-10-19-14-17-12-7-4-5-8-13(12)20-14/h4-5,7-8,16,18H,3,6,9-11H2,1-2H3. The number of aromatic nitrogens is 1. The van der Waals surface area contributed by atoms with Crippen LogP contribution >= 0.6 is 23.1 Å². The summed E-state index contributed by atoms with van der Waals surface area (Å²) >= 11 is 3.58. The zero-order chi connectivity index (χ0) is 14.4. The number of likely N-dealkylation sites (N-methyl/N-ethyl adjacent to an activating group) is 1. The first kappa shape index (κ1) is 15.8. The average molecular weight is 310 g/mol. The quantitative estimate of drug-likeness (QED) is 0.578. The summed E-state index contributed by atoms with van der Waals surface area (Å²) in [5, 5.41) is 12.8. The monoisotopic (exact) mass is 310 g/mol. The second-order valence-electron chi connectivity index (χ2n) is 4.94. The fourth-order valence-corrected chi connectivity index (χ4v) is 4.31. The molecule has 2 aromatic rings. The van der Waals surface area contributed by atoms with Gasteiger partial charge in [0.05, 0.1) is 16.8 Å². The van der Waals surface area contributed by atoms with Crippen molar-refractivity contribution in [3.8, 4) is 0 Å². The second-order valence-corrected chi connectivity index (χ2v) is 7.31. The molecule has 0 saturated carbocycles. The van der Waals surface area contributed by atoms with Crippen LogP contribution in [0.4, 0.5) is 0 Å². The van der Waals surface area contributed by atoms with Crippen LogP contribution in [-0.2, 0) is 0 Å². The molecule has 3 nitrogen and oxygen atoms in total. The molecule has 0 radical (unpaired) electrons. The van der Waals surface area contributed by atoms with Crippen molar-refractivity contribution >= 4 is 33.3 Å². The highest BCUT2D eigenvalue weighted by atomic mass is 32.2. The van der Waals surface area contributed by atoms with Gasteiger partial charge in [0.25, 0.3) is 0 Å². The molecule has 2 N–H and O–H groups in total. The molecule has 1 aromatic heterocycles. The van der Waals surface area contributed by atoms with Gasteiger partial charge in [0, 0.05) is 11.3 Å². The van der Waals surface area contributed by atoms with Crippen molar-refractivity contribution in [3.63, 3.8) is 0 Å². The van der Waals surface area contributed by atoms with Gasteiger partial charge in [0.1, 0.15) is 0 Å². The van der Waals surface area contributed by atoms with Gasteiger partial charge in [-0.3, -0.25) is 0 Å². The van der Waals surface area contributed by atoms with Crippen molar-refractivity contribution in [2.45, 2.75) is 36.1 Å². The molecule has 2 rings (SSSR count). The molecule has 110 valence electrons. The van der Waals surface area contributed by atoms with Crippen LogP contribution in [0.2, 0.25) is 0 Å². The molecule has 20 heavy (non-hydrogen) atoms. The van der Waals surface area contributed by atoms with E-state index in [9.17, 15) is 5.11 Å². The number of para-hydroxylation sites is 1. The minimum Gasteiger partial charge on any atom is -0.394 e. The second kappa shape index (κ2) is 7.41. The van der Waals surface area contributed by atoms with E-state index < -0.39 is 0 Å². The third-order valence-electron chi connectivity index (χ3n) is 3.81. The van der Waals surface area contributed by atoms with Crippen LogP contribution in [-0.4, -0.2) is 35.0 Å². The SMILES string of the molecule is CCC(CO)(CCCSc1nc2ccccc2s1)NC. The maximum Gasteiger partial charge on any atom is 0.151 e. The van der Waals surface area contributed by atoms with Gasteiger partial charge in [-0.05, 0) is 38.4 Å². The van der Waals surface area contributed by atoms with Crippen molar-refractivity contribution in [3.05, 3.63) is 24.3 Å². The number of nitrogens with zero attached hydrogens (tertiary/aromatic N) is 1. The molecule has 0 fully saturated rings. The highest BCUT2D eigenvalue weighted by Crippen LogP contribution is 2.30. The van der Waals surface area contributed by atoms with Gasteiger partial charge in [-0.1, -0.05) is 30.8 Å². The summed E-state index contributed by atoms with van der Waals surface area (Å²) in [6.45, 7) is 2.32. The van der Waals surface area contributed by atoms with E-state index in [0.29, 0.717) is 0 Å². The maximum absolute atomic E-state index is 9.51. The Morgan fingerprint density at radius 3 is 2.85 bits per heavy atom. The van der Waals surface area contributed by atoms with E-state index in [0.717, 1.165) is 34.9 Å². The number of aliphatic hydroxyl groups excluding tert-OH is 1. The van der Waals surface area contributed by atoms with Gasteiger partial charge < -0.3 is 10.4 Å². The van der Waals surface area contributed by atoms with Crippen LogP contribution in [0.15, 0.2) is 28.6 Å². The number of fused-ring (bicyclic) bond motifs is 1. The summed E-state index contributed by atoms with van der Waals surface area (Å²) in [5.41, 5.74) is 0.974. The number of rotatable bonds is 8. The number of aliphatic hydroxyl groups is 1. The molecule has 1 aromatic carbocycles. The third kappa shape index (κ3) is 3.73. The van der Waals surface area contributed by atoms with Crippen LogP contribution in [0.3, 0.4) is 0 Å². The molecule has 0 aliphatic carbocycles. The third-order valence-corrected chi connectivity index (χ3v) is 6.07. The van der Waals surface area contributed by atoms with Gasteiger partial charge in [0.2, 0.25) is 0 Å². The Hall–Kier alpha value is -0.620. The summed E-state index contributed by atoms with van der Waals surface area (Å²) in [5.74, 6) is 1.04. The van der Waals surface area contributed by atoms with E-state index in [4.69, 9.17) is 0 Å². The lowest BCUT2D eigenvalue weighted by Gasteiger charge is -2.30. The van der Waals surface area contributed by atoms with E-state index in [1.807, 2.05) is 24.9 Å². The molecular formula is C15H22N2OS2. The number of nitrogens with one attached hydrogen (secondary N) is 1. The minimum atomic E-state index is -0.117. The van der Waals surface area contributed by atoms with Crippen LogP contribution in [0.25, 0.3) is 10.2 Å². The Balaban J connectivity index is 1.84. The number of thiazole rings is 1. The van der Waals surface area contributed by atoms with Gasteiger partial charge in [0.15, 0.2) is 4.34 Å². The van der Waals surface area contributed by atoms with E-state index in [-0.39, 0.29) is 12.1 Å². The fourth-order valence-electron chi connectivity index (χ4n) is 2.23. The molecule has 5 heteroatoms. The van der Waals surface area contributed by atoms with E-state index >= 15 is 0 Å². The van der Waals surface area contributed by atoms with E-state index in [1.165, 1.54) is 4.70 Å². The molecule has 1 heterocycles. The average Bonchev–Trinajstić information content (AvgIpc) is 2.91. The van der Waals surface area contributed by atoms with E-state index in [2.05, 4.69) is 35.4 Å². The van der Waals surface area contributed by atoms with Crippen LogP contribution in [0, 0.1) is 0 Å². The molecule has 0 spiro atoms. The highest BCUT2D eigenvalue weighted by Gasteiger charge is 2.24. The van der Waals surface area contributed by atoms with E-state index in [1.54, 1.807) is 11.3 Å². The molecule has 0 aliphatic rings. The molecule has 0 bridgehead atoms. The van der Waals surface area contributed by atoms with Crippen LogP contribution < -0.4 is 5.32 Å². The number of thioether (sulfide) groups is 1. The summed E-state index contributed by atoms with van der Waals surface area (Å²) in [4.78, 5) is 4.62. The molecule has 0 saturated heterocycles. The molecular weight excluding hydrogens is 288 g/mol. The van der Waals surface area contributed by atoms with Gasteiger partial charge in [-0.15, -0.1) is 11.3 Å². The largest absolute Gasteiger partial charge is 0.394 e. The lowest BCUT2D eigenvalue weighted by molar-refractivity contribution is 0.154.